The Morgan fingerprint density at radius 2 is 1.89 bits per heavy atom. The highest BCUT2D eigenvalue weighted by molar-refractivity contribution is 7.92. The minimum absolute atomic E-state index is 0.162. The van der Waals surface area contributed by atoms with Gasteiger partial charge in [0.15, 0.2) is 5.88 Å². The fourth-order valence-electron chi connectivity index (χ4n) is 2.45. The Balaban J connectivity index is 2.28. The van der Waals surface area contributed by atoms with Crippen LogP contribution in [0.5, 0.6) is 5.75 Å². The van der Waals surface area contributed by atoms with Gasteiger partial charge in [-0.2, -0.15) is 0 Å². The van der Waals surface area contributed by atoms with Gasteiger partial charge in [0.1, 0.15) is 22.9 Å². The number of rotatable bonds is 9. The maximum atomic E-state index is 14.0. The molecule has 0 spiro atoms. The Kier molecular flexibility index (Phi) is 8.80. The molecule has 0 aliphatic rings. The van der Waals surface area contributed by atoms with Crippen molar-refractivity contribution in [3.05, 3.63) is 65.5 Å². The molecule has 0 aromatic heterocycles. The van der Waals surface area contributed by atoms with Crippen molar-refractivity contribution >= 4 is 28.5 Å². The van der Waals surface area contributed by atoms with Crippen LogP contribution >= 0.6 is 11.6 Å². The summed E-state index contributed by atoms with van der Waals surface area (Å²) in [4.78, 5) is 4.57. The lowest BCUT2D eigenvalue weighted by molar-refractivity contribution is 0.305. The Morgan fingerprint density at radius 3 is 2.54 bits per heavy atom. The van der Waals surface area contributed by atoms with Crippen LogP contribution in [0.1, 0.15) is 44.7 Å². The second kappa shape index (κ2) is 10.8. The van der Waals surface area contributed by atoms with E-state index in [1.54, 1.807) is 6.07 Å². The van der Waals surface area contributed by atoms with Gasteiger partial charge in [-0.15, -0.1) is 11.6 Å². The van der Waals surface area contributed by atoms with Gasteiger partial charge in [-0.05, 0) is 68.6 Å². The van der Waals surface area contributed by atoms with E-state index in [1.807, 2.05) is 51.1 Å². The molecule has 2 aromatic rings. The number of hydrogen-bond acceptors (Lipinski definition) is 3. The van der Waals surface area contributed by atoms with Gasteiger partial charge in [0, 0.05) is 11.4 Å². The third-order valence-electron chi connectivity index (χ3n) is 4.09. The lowest BCUT2D eigenvalue weighted by Crippen LogP contribution is -2.30. The van der Waals surface area contributed by atoms with Crippen LogP contribution in [0.15, 0.2) is 53.5 Å². The van der Waals surface area contributed by atoms with E-state index in [4.69, 9.17) is 16.3 Å². The van der Waals surface area contributed by atoms with Gasteiger partial charge >= 0.3 is 0 Å². The van der Waals surface area contributed by atoms with Crippen molar-refractivity contribution in [2.45, 2.75) is 45.0 Å². The molecule has 0 aliphatic carbocycles. The zero-order chi connectivity index (χ0) is 20.6. The summed E-state index contributed by atoms with van der Waals surface area (Å²) in [5.41, 5.74) is 2.28. The first-order valence-electron chi connectivity index (χ1n) is 9.25. The van der Waals surface area contributed by atoms with Crippen molar-refractivity contribution in [2.75, 3.05) is 11.8 Å². The third kappa shape index (κ3) is 7.12. The molecule has 0 aliphatic heterocycles. The molecular formula is C22H27ClFNO2S. The Morgan fingerprint density at radius 1 is 1.18 bits per heavy atom. The monoisotopic (exact) mass is 423 g/mol. The van der Waals surface area contributed by atoms with E-state index in [0.717, 1.165) is 5.56 Å². The van der Waals surface area contributed by atoms with Crippen LogP contribution < -0.4 is 4.74 Å². The Bertz CT molecular complexity index is 778. The molecule has 152 valence electrons. The standard InChI is InChI=1S/C22H27ClFNO2S/c1-22(2,3)28(26)16-25-20(10-7-13-23)19-14-18(24)11-12-21(19)27-15-17-8-5-4-6-9-17/h4-6,8-9,11-12,14H,7,10,13,15-16H2,1-3H3/b25-20+. The molecule has 2 aromatic carbocycles. The molecular weight excluding hydrogens is 397 g/mol. The zero-order valence-electron chi connectivity index (χ0n) is 16.6. The molecule has 1 atom stereocenters. The van der Waals surface area contributed by atoms with Gasteiger partial charge < -0.3 is 9.29 Å². The summed E-state index contributed by atoms with van der Waals surface area (Å²) in [5, 5.41) is 0. The predicted molar refractivity (Wildman–Crippen MR) is 116 cm³/mol. The molecule has 0 bridgehead atoms. The van der Waals surface area contributed by atoms with Crippen molar-refractivity contribution < 1.29 is 13.7 Å². The number of hydrogen-bond donors (Lipinski definition) is 0. The summed E-state index contributed by atoms with van der Waals surface area (Å²) in [6.45, 7) is 6.10. The van der Waals surface area contributed by atoms with Crippen LogP contribution in [0, 0.1) is 5.82 Å². The smallest absolute Gasteiger partial charge is 0.196 e. The van der Waals surface area contributed by atoms with Crippen LogP contribution in [0.4, 0.5) is 4.39 Å². The maximum absolute atomic E-state index is 14.0. The first-order valence-corrected chi connectivity index (χ1v) is 11.1. The molecule has 0 amide bonds. The highest BCUT2D eigenvalue weighted by Gasteiger charge is 2.25. The summed E-state index contributed by atoms with van der Waals surface area (Å²) in [5.74, 6) is 0.824. The van der Waals surface area contributed by atoms with Gasteiger partial charge in [0.2, 0.25) is 0 Å². The zero-order valence-corrected chi connectivity index (χ0v) is 18.2. The summed E-state index contributed by atoms with van der Waals surface area (Å²) in [7, 11) is 0. The number of aliphatic imine (C=N–C) groups is 1. The molecule has 0 saturated heterocycles. The van der Waals surface area contributed by atoms with Gasteiger partial charge in [0.25, 0.3) is 0 Å². The van der Waals surface area contributed by atoms with Crippen LogP contribution in [-0.2, 0) is 17.8 Å². The maximum Gasteiger partial charge on any atom is 0.196 e. The number of benzene rings is 2. The first kappa shape index (κ1) is 22.7. The van der Waals surface area contributed by atoms with E-state index < -0.39 is 11.2 Å². The van der Waals surface area contributed by atoms with Crippen molar-refractivity contribution in [1.29, 1.82) is 0 Å². The van der Waals surface area contributed by atoms with Gasteiger partial charge in [-0.25, -0.2) is 9.38 Å². The van der Waals surface area contributed by atoms with Crippen LogP contribution in [0.2, 0.25) is 0 Å². The Hall–Kier alpha value is -1.56. The summed E-state index contributed by atoms with van der Waals surface area (Å²) < 4.78 is 32.0. The molecule has 0 fully saturated rings. The summed E-state index contributed by atoms with van der Waals surface area (Å²) in [6, 6.07) is 14.2. The molecule has 3 nitrogen and oxygen atoms in total. The first-order chi connectivity index (χ1) is 13.3. The molecule has 0 heterocycles. The van der Waals surface area contributed by atoms with Crippen molar-refractivity contribution in [3.63, 3.8) is 0 Å². The highest BCUT2D eigenvalue weighted by Crippen LogP contribution is 2.25. The number of alkyl halides is 1. The molecule has 28 heavy (non-hydrogen) atoms. The van der Waals surface area contributed by atoms with Gasteiger partial charge in [-0.3, -0.25) is 0 Å². The fourth-order valence-corrected chi connectivity index (χ4v) is 3.25. The van der Waals surface area contributed by atoms with E-state index in [0.29, 0.717) is 42.4 Å². The largest absolute Gasteiger partial charge is 0.614 e. The second-order valence-corrected chi connectivity index (χ2v) is 9.95. The number of nitrogens with zero attached hydrogens (tertiary/aromatic N) is 1. The van der Waals surface area contributed by atoms with E-state index in [-0.39, 0.29) is 16.4 Å². The third-order valence-corrected chi connectivity index (χ3v) is 6.09. The van der Waals surface area contributed by atoms with Crippen LogP contribution in [0.25, 0.3) is 0 Å². The van der Waals surface area contributed by atoms with Crippen molar-refractivity contribution in [2.24, 2.45) is 4.99 Å². The second-order valence-electron chi connectivity index (χ2n) is 7.40. The van der Waals surface area contributed by atoms with Crippen LogP contribution in [0.3, 0.4) is 0 Å². The molecule has 0 saturated carbocycles. The van der Waals surface area contributed by atoms with Crippen molar-refractivity contribution in [3.8, 4) is 5.75 Å². The molecule has 1 unspecified atom stereocenters. The van der Waals surface area contributed by atoms with E-state index >= 15 is 0 Å². The average molecular weight is 424 g/mol. The molecule has 2 rings (SSSR count). The topological polar surface area (TPSA) is 44.7 Å². The lowest BCUT2D eigenvalue weighted by atomic mass is 10.0. The number of ether oxygens (including phenoxy) is 1. The van der Waals surface area contributed by atoms with Gasteiger partial charge in [0.05, 0.1) is 5.71 Å². The quantitative estimate of drug-likeness (QED) is 0.294. The van der Waals surface area contributed by atoms with Crippen molar-refractivity contribution in [1.82, 2.24) is 0 Å². The van der Waals surface area contributed by atoms with Gasteiger partial charge in [-0.1, -0.05) is 30.3 Å². The van der Waals surface area contributed by atoms with E-state index in [2.05, 4.69) is 4.99 Å². The fraction of sp³-hybridized carbons (Fsp3) is 0.409. The summed E-state index contributed by atoms with van der Waals surface area (Å²) >= 11 is 4.72. The SMILES string of the molecule is CC(C)(C)[S+]([O-])C/N=C(\CCCCl)c1cc(F)ccc1OCc1ccccc1. The van der Waals surface area contributed by atoms with Crippen LogP contribution in [-0.4, -0.2) is 26.8 Å². The number of halogens is 2. The molecule has 0 radical (unpaired) electrons. The minimum Gasteiger partial charge on any atom is -0.614 e. The molecule has 0 N–H and O–H groups in total. The normalized spacial score (nSPS) is 13.4. The highest BCUT2D eigenvalue weighted by atomic mass is 35.5. The van der Waals surface area contributed by atoms with E-state index in [9.17, 15) is 8.94 Å². The molecule has 6 heteroatoms. The van der Waals surface area contributed by atoms with E-state index in [1.165, 1.54) is 12.1 Å². The minimum atomic E-state index is -1.14. The lowest BCUT2D eigenvalue weighted by Gasteiger charge is -2.23. The Labute approximate surface area is 175 Å². The predicted octanol–water partition coefficient (Wildman–Crippen LogP) is 5.72. The average Bonchev–Trinajstić information content (AvgIpc) is 2.67. The summed E-state index contributed by atoms with van der Waals surface area (Å²) in [6.07, 6.45) is 1.26.